The lowest BCUT2D eigenvalue weighted by atomic mass is 10.0. The van der Waals surface area contributed by atoms with Crippen LogP contribution < -0.4 is 16.4 Å². The number of aromatic nitrogens is 1. The van der Waals surface area contributed by atoms with E-state index in [2.05, 4.69) is 15.6 Å². The van der Waals surface area contributed by atoms with Crippen LogP contribution in [-0.2, 0) is 6.42 Å². The Morgan fingerprint density at radius 3 is 2.48 bits per heavy atom. The lowest BCUT2D eigenvalue weighted by molar-refractivity contribution is 0.857. The van der Waals surface area contributed by atoms with Gasteiger partial charge in [0, 0.05) is 44.6 Å². The fraction of sp³-hybridized carbons (Fsp3) is 0.0909. The van der Waals surface area contributed by atoms with Gasteiger partial charge in [0.15, 0.2) is 5.96 Å². The van der Waals surface area contributed by atoms with Crippen molar-refractivity contribution < 1.29 is 0 Å². The molecule has 31 heavy (non-hydrogen) atoms. The molecule has 0 fully saturated rings. The average Bonchev–Trinajstić information content (AvgIpc) is 3.08. The van der Waals surface area contributed by atoms with E-state index in [1.54, 1.807) is 18.2 Å². The van der Waals surface area contributed by atoms with Gasteiger partial charge in [-0.15, -0.1) is 0 Å². The van der Waals surface area contributed by atoms with Crippen molar-refractivity contribution in [3.63, 3.8) is 0 Å². The Bertz CT molecular complexity index is 1330. The van der Waals surface area contributed by atoms with E-state index in [-0.39, 0.29) is 11.8 Å². The monoisotopic (exact) mass is 472 g/mol. The molecule has 0 saturated heterocycles. The van der Waals surface area contributed by atoms with Gasteiger partial charge in [0.05, 0.1) is 10.0 Å². The highest BCUT2D eigenvalue weighted by molar-refractivity contribution is 6.42. The van der Waals surface area contributed by atoms with E-state index in [1.165, 1.54) is 0 Å². The van der Waals surface area contributed by atoms with Crippen LogP contribution in [0.15, 0.2) is 48.5 Å². The first-order chi connectivity index (χ1) is 14.8. The molecule has 158 valence electrons. The third-order valence-corrected chi connectivity index (χ3v) is 5.91. The van der Waals surface area contributed by atoms with Gasteiger partial charge in [-0.2, -0.15) is 0 Å². The molecule has 0 unspecified atom stereocenters. The molecule has 0 atom stereocenters. The number of nitrogens with one attached hydrogen (secondary N) is 5. The maximum Gasteiger partial charge on any atom is 0.185 e. The van der Waals surface area contributed by atoms with Gasteiger partial charge in [-0.1, -0.05) is 34.8 Å². The van der Waals surface area contributed by atoms with Gasteiger partial charge in [-0.05, 0) is 60.5 Å². The highest BCUT2D eigenvalue weighted by atomic mass is 35.5. The van der Waals surface area contributed by atoms with E-state index in [1.807, 2.05) is 30.3 Å². The predicted molar refractivity (Wildman–Crippen MR) is 131 cm³/mol. The Morgan fingerprint density at radius 1 is 0.935 bits per heavy atom. The van der Waals surface area contributed by atoms with Gasteiger partial charge in [0.2, 0.25) is 0 Å². The van der Waals surface area contributed by atoms with E-state index >= 15 is 0 Å². The second-order valence-corrected chi connectivity index (χ2v) is 8.34. The predicted octanol–water partition coefficient (Wildman–Crippen LogP) is 5.74. The van der Waals surface area contributed by atoms with Crippen molar-refractivity contribution >= 4 is 74.1 Å². The summed E-state index contributed by atoms with van der Waals surface area (Å²) in [5.74, 6) is 0.124. The number of fused-ring (bicyclic) bond motifs is 3. The summed E-state index contributed by atoms with van der Waals surface area (Å²) in [6.07, 6.45) is 0.631. The fourth-order valence-corrected chi connectivity index (χ4v) is 3.98. The second-order valence-electron chi connectivity index (χ2n) is 7.09. The van der Waals surface area contributed by atoms with Crippen LogP contribution in [0.4, 0.5) is 5.69 Å². The molecule has 7 N–H and O–H groups in total. The van der Waals surface area contributed by atoms with Crippen LogP contribution in [-0.4, -0.2) is 23.3 Å². The minimum absolute atomic E-state index is 0.0738. The molecule has 9 heteroatoms. The maximum atomic E-state index is 8.47. The summed E-state index contributed by atoms with van der Waals surface area (Å²) in [7, 11) is 0. The first-order valence-electron chi connectivity index (χ1n) is 9.44. The number of amidine groups is 1. The minimum atomic E-state index is -0.0738. The first-order valence-corrected chi connectivity index (χ1v) is 10.6. The quantitative estimate of drug-likeness (QED) is 0.164. The van der Waals surface area contributed by atoms with Crippen LogP contribution in [0.1, 0.15) is 11.1 Å². The Labute approximate surface area is 193 Å². The molecule has 0 aliphatic rings. The van der Waals surface area contributed by atoms with Crippen LogP contribution >= 0.6 is 34.8 Å². The Morgan fingerprint density at radius 2 is 1.74 bits per heavy atom. The molecule has 0 bridgehead atoms. The van der Waals surface area contributed by atoms with E-state index in [9.17, 15) is 0 Å². The molecule has 4 aromatic rings. The molecule has 1 heterocycles. The summed E-state index contributed by atoms with van der Waals surface area (Å²) in [5, 5.41) is 25.3. The number of anilines is 1. The number of H-pyrrole nitrogens is 1. The summed E-state index contributed by atoms with van der Waals surface area (Å²) in [6.45, 7) is 0.508. The first kappa shape index (κ1) is 21.3. The van der Waals surface area contributed by atoms with Crippen LogP contribution in [0.3, 0.4) is 0 Å². The molecule has 3 aromatic carbocycles. The largest absolute Gasteiger partial charge is 0.370 e. The van der Waals surface area contributed by atoms with Crippen molar-refractivity contribution in [2.24, 2.45) is 5.73 Å². The SMILES string of the molecule is N=C(N)NCCc1cc(NC(=N)c2ccc(Cl)c(Cl)c2)cc2c1[nH]c1ccc(Cl)cc12. The summed E-state index contributed by atoms with van der Waals surface area (Å²) >= 11 is 18.3. The number of hydrogen-bond acceptors (Lipinski definition) is 2. The molecule has 0 aliphatic heterocycles. The summed E-state index contributed by atoms with van der Waals surface area (Å²) in [4.78, 5) is 3.45. The highest BCUT2D eigenvalue weighted by Gasteiger charge is 2.13. The molecule has 0 saturated carbocycles. The van der Waals surface area contributed by atoms with Gasteiger partial charge < -0.3 is 21.4 Å². The van der Waals surface area contributed by atoms with Crippen molar-refractivity contribution in [1.29, 1.82) is 10.8 Å². The molecule has 0 radical (unpaired) electrons. The number of halogens is 3. The van der Waals surface area contributed by atoms with Gasteiger partial charge in [-0.25, -0.2) is 0 Å². The van der Waals surface area contributed by atoms with Crippen LogP contribution in [0, 0.1) is 10.8 Å². The van der Waals surface area contributed by atoms with Gasteiger partial charge >= 0.3 is 0 Å². The zero-order chi connectivity index (χ0) is 22.1. The summed E-state index contributed by atoms with van der Waals surface area (Å²) in [5.41, 5.74) is 9.76. The van der Waals surface area contributed by atoms with Crippen molar-refractivity contribution in [2.45, 2.75) is 6.42 Å². The lowest BCUT2D eigenvalue weighted by Crippen LogP contribution is -2.31. The zero-order valence-corrected chi connectivity index (χ0v) is 18.5. The standard InChI is InChI=1S/C22H19Cl3N6/c23-13-2-4-19-15(9-13)16-10-14(7-11(20(16)31-19)5-6-29-22(27)28)30-21(26)12-1-3-17(24)18(25)8-12/h1-4,7-10,31H,5-6H2,(H2,26,30)(H4,27,28,29). The molecule has 1 aromatic heterocycles. The fourth-order valence-electron chi connectivity index (χ4n) is 3.51. The maximum absolute atomic E-state index is 8.47. The van der Waals surface area contributed by atoms with Gasteiger partial charge in [0.1, 0.15) is 5.84 Å². The summed E-state index contributed by atoms with van der Waals surface area (Å²) in [6, 6.07) is 14.7. The van der Waals surface area contributed by atoms with Crippen molar-refractivity contribution in [2.75, 3.05) is 11.9 Å². The second kappa shape index (κ2) is 8.67. The molecule has 4 rings (SSSR count). The van der Waals surface area contributed by atoms with Crippen LogP contribution in [0.5, 0.6) is 0 Å². The smallest absolute Gasteiger partial charge is 0.185 e. The molecular formula is C22H19Cl3N6. The van der Waals surface area contributed by atoms with Crippen molar-refractivity contribution in [3.8, 4) is 0 Å². The minimum Gasteiger partial charge on any atom is -0.370 e. The number of nitrogens with two attached hydrogens (primary N) is 1. The van der Waals surface area contributed by atoms with E-state index in [0.29, 0.717) is 33.6 Å². The number of rotatable bonds is 5. The Balaban J connectivity index is 1.75. The van der Waals surface area contributed by atoms with E-state index in [4.69, 9.17) is 51.4 Å². The molecule has 0 spiro atoms. The van der Waals surface area contributed by atoms with E-state index in [0.717, 1.165) is 33.1 Å². The third-order valence-electron chi connectivity index (χ3n) is 4.94. The number of guanidine groups is 1. The van der Waals surface area contributed by atoms with E-state index < -0.39 is 0 Å². The molecular weight excluding hydrogens is 455 g/mol. The van der Waals surface area contributed by atoms with Gasteiger partial charge in [-0.3, -0.25) is 10.8 Å². The van der Waals surface area contributed by atoms with Crippen molar-refractivity contribution in [1.82, 2.24) is 10.3 Å². The Kier molecular flexibility index (Phi) is 5.96. The molecule has 0 aliphatic carbocycles. The van der Waals surface area contributed by atoms with Crippen molar-refractivity contribution in [3.05, 3.63) is 74.7 Å². The van der Waals surface area contributed by atoms with Crippen LogP contribution in [0.25, 0.3) is 21.8 Å². The lowest BCUT2D eigenvalue weighted by Gasteiger charge is -2.12. The number of aromatic amines is 1. The van der Waals surface area contributed by atoms with Crippen LogP contribution in [0.2, 0.25) is 15.1 Å². The molecule has 0 amide bonds. The normalized spacial score (nSPS) is 11.1. The zero-order valence-electron chi connectivity index (χ0n) is 16.2. The topological polar surface area (TPSA) is 114 Å². The summed E-state index contributed by atoms with van der Waals surface area (Å²) < 4.78 is 0. The Hall–Kier alpha value is -2.93. The number of benzene rings is 3. The molecule has 6 nitrogen and oxygen atoms in total. The third kappa shape index (κ3) is 4.56. The number of hydrogen-bond donors (Lipinski definition) is 6. The van der Waals surface area contributed by atoms with Gasteiger partial charge in [0.25, 0.3) is 0 Å². The highest BCUT2D eigenvalue weighted by Crippen LogP contribution is 2.33. The average molecular weight is 474 g/mol.